The lowest BCUT2D eigenvalue weighted by Crippen LogP contribution is -2.38. The molecule has 0 aromatic carbocycles. The van der Waals surface area contributed by atoms with Crippen molar-refractivity contribution in [3.05, 3.63) is 47.9 Å². The van der Waals surface area contributed by atoms with Gasteiger partial charge in [-0.25, -0.2) is 4.98 Å². The van der Waals surface area contributed by atoms with E-state index in [0.29, 0.717) is 24.1 Å². The van der Waals surface area contributed by atoms with Gasteiger partial charge < -0.3 is 10.2 Å². The molecule has 144 valence electrons. The number of amides is 2. The van der Waals surface area contributed by atoms with Gasteiger partial charge in [-0.3, -0.25) is 19.6 Å². The molecule has 1 fully saturated rings. The number of thiazole rings is 1. The van der Waals surface area contributed by atoms with E-state index in [-0.39, 0.29) is 24.7 Å². The van der Waals surface area contributed by atoms with E-state index in [4.69, 9.17) is 0 Å². The second kappa shape index (κ2) is 8.43. The zero-order valence-electron chi connectivity index (χ0n) is 15.4. The molecule has 7 nitrogen and oxygen atoms in total. The number of pyridine rings is 2. The molecular formula is C20H21N5O2S. The maximum atomic E-state index is 12.4. The lowest BCUT2D eigenvalue weighted by atomic mass is 9.92. The third-order valence-electron chi connectivity index (χ3n) is 5.02. The van der Waals surface area contributed by atoms with E-state index in [2.05, 4.69) is 26.3 Å². The zero-order valence-corrected chi connectivity index (χ0v) is 16.2. The number of fused-ring (bicyclic) bond motifs is 1. The number of rotatable bonds is 5. The summed E-state index contributed by atoms with van der Waals surface area (Å²) in [4.78, 5) is 39.2. The lowest BCUT2D eigenvalue weighted by molar-refractivity contribution is -0.133. The molecule has 1 aliphatic heterocycles. The summed E-state index contributed by atoms with van der Waals surface area (Å²) in [7, 11) is 0. The first kappa shape index (κ1) is 18.5. The fourth-order valence-corrected chi connectivity index (χ4v) is 4.02. The van der Waals surface area contributed by atoms with Gasteiger partial charge in [0.1, 0.15) is 0 Å². The highest BCUT2D eigenvalue weighted by atomic mass is 32.1. The van der Waals surface area contributed by atoms with E-state index >= 15 is 0 Å². The van der Waals surface area contributed by atoms with E-state index in [1.54, 1.807) is 17.8 Å². The summed E-state index contributed by atoms with van der Waals surface area (Å²) in [5.74, 6) is 0.190. The highest BCUT2D eigenvalue weighted by Crippen LogP contribution is 2.28. The SMILES string of the molecule is O=C(CCC(=O)N1CCC(c2cc3ncccc3cn2)CC1)Nc1nccs1. The first-order valence-corrected chi connectivity index (χ1v) is 10.2. The van der Waals surface area contributed by atoms with Gasteiger partial charge in [-0.1, -0.05) is 0 Å². The van der Waals surface area contributed by atoms with Crippen LogP contribution in [-0.4, -0.2) is 44.8 Å². The number of aromatic nitrogens is 3. The maximum absolute atomic E-state index is 12.4. The summed E-state index contributed by atoms with van der Waals surface area (Å²) in [6, 6.07) is 5.97. The van der Waals surface area contributed by atoms with E-state index in [1.807, 2.05) is 23.2 Å². The van der Waals surface area contributed by atoms with Crippen molar-refractivity contribution < 1.29 is 9.59 Å². The monoisotopic (exact) mass is 395 g/mol. The van der Waals surface area contributed by atoms with Gasteiger partial charge >= 0.3 is 0 Å². The summed E-state index contributed by atoms with van der Waals surface area (Å²) < 4.78 is 0. The predicted octanol–water partition coefficient (Wildman–Crippen LogP) is 3.21. The molecule has 0 unspecified atom stereocenters. The van der Waals surface area contributed by atoms with Crippen LogP contribution < -0.4 is 5.32 Å². The molecule has 0 aliphatic carbocycles. The summed E-state index contributed by atoms with van der Waals surface area (Å²) >= 11 is 1.36. The number of hydrogen-bond acceptors (Lipinski definition) is 6. The molecule has 4 rings (SSSR count). The van der Waals surface area contributed by atoms with Gasteiger partial charge in [0, 0.05) is 66.9 Å². The van der Waals surface area contributed by atoms with Crippen LogP contribution in [0.15, 0.2) is 42.2 Å². The van der Waals surface area contributed by atoms with Crippen molar-refractivity contribution in [2.75, 3.05) is 18.4 Å². The molecule has 4 heterocycles. The van der Waals surface area contributed by atoms with Gasteiger partial charge in [-0.15, -0.1) is 11.3 Å². The number of hydrogen-bond donors (Lipinski definition) is 1. The van der Waals surface area contributed by atoms with Crippen LogP contribution >= 0.6 is 11.3 Å². The van der Waals surface area contributed by atoms with Gasteiger partial charge in [0.2, 0.25) is 11.8 Å². The molecule has 0 atom stereocenters. The number of nitrogens with one attached hydrogen (secondary N) is 1. The van der Waals surface area contributed by atoms with Crippen LogP contribution in [0.25, 0.3) is 10.9 Å². The van der Waals surface area contributed by atoms with Crippen LogP contribution in [0.5, 0.6) is 0 Å². The van der Waals surface area contributed by atoms with Crippen molar-refractivity contribution in [1.82, 2.24) is 19.9 Å². The molecule has 0 bridgehead atoms. The number of nitrogens with zero attached hydrogens (tertiary/aromatic N) is 4. The molecule has 0 radical (unpaired) electrons. The van der Waals surface area contributed by atoms with Crippen LogP contribution in [0.1, 0.15) is 37.3 Å². The van der Waals surface area contributed by atoms with E-state index < -0.39 is 0 Å². The number of carbonyl (C=O) groups excluding carboxylic acids is 2. The van der Waals surface area contributed by atoms with Gasteiger partial charge in [0.05, 0.1) is 5.52 Å². The van der Waals surface area contributed by atoms with Crippen molar-refractivity contribution >= 4 is 39.2 Å². The Balaban J connectivity index is 1.27. The van der Waals surface area contributed by atoms with Crippen LogP contribution in [0.4, 0.5) is 5.13 Å². The Morgan fingerprint density at radius 1 is 1.14 bits per heavy atom. The Kier molecular flexibility index (Phi) is 5.57. The van der Waals surface area contributed by atoms with Crippen LogP contribution in [0.3, 0.4) is 0 Å². The second-order valence-corrected chi connectivity index (χ2v) is 7.74. The molecule has 0 spiro atoms. The number of anilines is 1. The molecular weight excluding hydrogens is 374 g/mol. The molecule has 2 amide bonds. The molecule has 8 heteroatoms. The minimum absolute atomic E-state index is 0.0286. The van der Waals surface area contributed by atoms with Crippen molar-refractivity contribution in [2.24, 2.45) is 0 Å². The molecule has 1 N–H and O–H groups in total. The van der Waals surface area contributed by atoms with Crippen LogP contribution in [0, 0.1) is 0 Å². The molecule has 3 aromatic rings. The van der Waals surface area contributed by atoms with E-state index in [9.17, 15) is 9.59 Å². The summed E-state index contributed by atoms with van der Waals surface area (Å²) in [5.41, 5.74) is 2.00. The standard InChI is InChI=1S/C20H21N5O2S/c26-18(24-20-22-8-11-28-20)3-4-19(27)25-9-5-14(6-10-25)16-12-17-15(13-23-16)2-1-7-21-17/h1-2,7-8,11-14H,3-6,9-10H2,(H,22,24,26). The quantitative estimate of drug-likeness (QED) is 0.717. The second-order valence-electron chi connectivity index (χ2n) is 6.85. The first-order valence-electron chi connectivity index (χ1n) is 9.37. The Labute approximate surface area is 166 Å². The first-order chi connectivity index (χ1) is 13.7. The maximum Gasteiger partial charge on any atom is 0.226 e. The third-order valence-corrected chi connectivity index (χ3v) is 5.71. The van der Waals surface area contributed by atoms with E-state index in [0.717, 1.165) is 29.4 Å². The van der Waals surface area contributed by atoms with E-state index in [1.165, 1.54) is 11.3 Å². The minimum Gasteiger partial charge on any atom is -0.343 e. The van der Waals surface area contributed by atoms with Gasteiger partial charge in [0.25, 0.3) is 0 Å². The topological polar surface area (TPSA) is 88.1 Å². The lowest BCUT2D eigenvalue weighted by Gasteiger charge is -2.31. The molecule has 0 saturated carbocycles. The van der Waals surface area contributed by atoms with Crippen LogP contribution in [0.2, 0.25) is 0 Å². The average molecular weight is 395 g/mol. The van der Waals surface area contributed by atoms with Crippen LogP contribution in [-0.2, 0) is 9.59 Å². The molecule has 1 saturated heterocycles. The molecule has 1 aliphatic rings. The minimum atomic E-state index is -0.175. The summed E-state index contributed by atoms with van der Waals surface area (Å²) in [6.45, 7) is 1.39. The zero-order chi connectivity index (χ0) is 19.3. The summed E-state index contributed by atoms with van der Waals surface area (Å²) in [5, 5.41) is 6.11. The predicted molar refractivity (Wildman–Crippen MR) is 108 cm³/mol. The Bertz CT molecular complexity index is 968. The number of piperidine rings is 1. The van der Waals surface area contributed by atoms with Gasteiger partial charge in [0.15, 0.2) is 5.13 Å². The fraction of sp³-hybridized carbons (Fsp3) is 0.350. The van der Waals surface area contributed by atoms with Gasteiger partial charge in [-0.2, -0.15) is 0 Å². The van der Waals surface area contributed by atoms with Crippen molar-refractivity contribution in [2.45, 2.75) is 31.6 Å². The van der Waals surface area contributed by atoms with Crippen molar-refractivity contribution in [1.29, 1.82) is 0 Å². The molecule has 3 aromatic heterocycles. The molecule has 28 heavy (non-hydrogen) atoms. The highest BCUT2D eigenvalue weighted by molar-refractivity contribution is 7.13. The summed E-state index contributed by atoms with van der Waals surface area (Å²) in [6.07, 6.45) is 7.45. The Morgan fingerprint density at radius 2 is 2.00 bits per heavy atom. The fourth-order valence-electron chi connectivity index (χ4n) is 3.47. The smallest absolute Gasteiger partial charge is 0.226 e. The largest absolute Gasteiger partial charge is 0.343 e. The highest BCUT2D eigenvalue weighted by Gasteiger charge is 2.25. The average Bonchev–Trinajstić information content (AvgIpc) is 3.25. The normalized spacial score (nSPS) is 14.9. The third kappa shape index (κ3) is 4.33. The Morgan fingerprint density at radius 3 is 2.79 bits per heavy atom. The van der Waals surface area contributed by atoms with Gasteiger partial charge in [-0.05, 0) is 31.0 Å². The van der Waals surface area contributed by atoms with Crippen molar-refractivity contribution in [3.63, 3.8) is 0 Å². The Hall–Kier alpha value is -2.87. The number of carbonyl (C=O) groups is 2. The van der Waals surface area contributed by atoms with Crippen molar-refractivity contribution in [3.8, 4) is 0 Å². The number of likely N-dealkylation sites (tertiary alicyclic amines) is 1.